The van der Waals surface area contributed by atoms with Gasteiger partial charge >= 0.3 is 0 Å². The lowest BCUT2D eigenvalue weighted by Crippen LogP contribution is -2.23. The van der Waals surface area contributed by atoms with E-state index in [1.54, 1.807) is 0 Å². The highest BCUT2D eigenvalue weighted by atomic mass is 16.5. The van der Waals surface area contributed by atoms with Gasteiger partial charge in [-0.25, -0.2) is 4.98 Å². The monoisotopic (exact) mass is 320 g/mol. The van der Waals surface area contributed by atoms with Crippen LogP contribution in [-0.4, -0.2) is 22.3 Å². The van der Waals surface area contributed by atoms with Gasteiger partial charge in [-0.05, 0) is 56.7 Å². The number of ether oxygens (including phenoxy) is 1. The summed E-state index contributed by atoms with van der Waals surface area (Å²) in [6.07, 6.45) is 10.6. The minimum absolute atomic E-state index is 0.335. The summed E-state index contributed by atoms with van der Waals surface area (Å²) in [7, 11) is 0. The third-order valence-electron chi connectivity index (χ3n) is 4.82. The maximum Gasteiger partial charge on any atom is 0.0954 e. The number of aromatic nitrogens is 2. The predicted molar refractivity (Wildman–Crippen MR) is 95.6 cm³/mol. The van der Waals surface area contributed by atoms with Crippen molar-refractivity contribution in [2.24, 2.45) is 5.92 Å². The summed E-state index contributed by atoms with van der Waals surface area (Å²) in [4.78, 5) is 4.60. The lowest BCUT2D eigenvalue weighted by molar-refractivity contribution is 0.00598. The van der Waals surface area contributed by atoms with Gasteiger partial charge < -0.3 is 9.30 Å². The van der Waals surface area contributed by atoms with E-state index >= 15 is 0 Å². The molecule has 24 heavy (non-hydrogen) atoms. The maximum absolute atomic E-state index is 5.82. The van der Waals surface area contributed by atoms with Crippen molar-refractivity contribution in [3.63, 3.8) is 0 Å². The van der Waals surface area contributed by atoms with Crippen LogP contribution in [0, 0.1) is 24.7 Å². The largest absolute Gasteiger partial charge is 0.376 e. The standard InChI is InChI=1S/C21H24N2O/c1-16-12-18(8-7-17-5-6-17)9-10-20(16)21-14-23(15-22-21)13-19-4-2-3-11-24-19/h9-10,12,14-15,17,19H,2-6,11,13H2,1H3. The molecule has 1 aliphatic carbocycles. The summed E-state index contributed by atoms with van der Waals surface area (Å²) in [5.74, 6) is 7.26. The van der Waals surface area contributed by atoms with E-state index in [4.69, 9.17) is 4.74 Å². The van der Waals surface area contributed by atoms with Gasteiger partial charge in [-0.3, -0.25) is 0 Å². The van der Waals surface area contributed by atoms with Crippen molar-refractivity contribution in [2.45, 2.75) is 51.7 Å². The van der Waals surface area contributed by atoms with E-state index < -0.39 is 0 Å². The molecular formula is C21H24N2O. The highest BCUT2D eigenvalue weighted by molar-refractivity contribution is 5.64. The van der Waals surface area contributed by atoms with E-state index in [1.807, 2.05) is 6.33 Å². The van der Waals surface area contributed by atoms with Gasteiger partial charge in [-0.1, -0.05) is 17.9 Å². The lowest BCUT2D eigenvalue weighted by Gasteiger charge is -2.22. The maximum atomic E-state index is 5.82. The summed E-state index contributed by atoms with van der Waals surface area (Å²) >= 11 is 0. The van der Waals surface area contributed by atoms with Crippen molar-refractivity contribution < 1.29 is 4.74 Å². The molecule has 1 saturated heterocycles. The second-order valence-corrected chi connectivity index (χ2v) is 7.02. The minimum atomic E-state index is 0.335. The van der Waals surface area contributed by atoms with Gasteiger partial charge in [0.05, 0.1) is 18.1 Å². The van der Waals surface area contributed by atoms with E-state index in [0.29, 0.717) is 12.0 Å². The zero-order chi connectivity index (χ0) is 16.4. The molecule has 1 aromatic carbocycles. The molecular weight excluding hydrogens is 296 g/mol. The highest BCUT2D eigenvalue weighted by Crippen LogP contribution is 2.28. The van der Waals surface area contributed by atoms with E-state index in [9.17, 15) is 0 Å². The molecule has 2 aromatic rings. The molecule has 1 aromatic heterocycles. The molecule has 1 unspecified atom stereocenters. The lowest BCUT2D eigenvalue weighted by atomic mass is 10.0. The second kappa shape index (κ2) is 6.83. The normalized spacial score (nSPS) is 20.5. The van der Waals surface area contributed by atoms with Crippen LogP contribution < -0.4 is 0 Å². The Morgan fingerprint density at radius 2 is 2.17 bits per heavy atom. The van der Waals surface area contributed by atoms with Gasteiger partial charge in [-0.15, -0.1) is 0 Å². The van der Waals surface area contributed by atoms with Gasteiger partial charge in [-0.2, -0.15) is 0 Å². The smallest absolute Gasteiger partial charge is 0.0954 e. The SMILES string of the molecule is Cc1cc(C#CC2CC2)ccc1-c1cn(CC2CCCCO2)cn1. The van der Waals surface area contributed by atoms with Crippen LogP contribution in [0.5, 0.6) is 0 Å². The van der Waals surface area contributed by atoms with E-state index in [0.717, 1.165) is 30.8 Å². The molecule has 2 heterocycles. The molecule has 0 amide bonds. The number of imidazole rings is 1. The van der Waals surface area contributed by atoms with Crippen molar-refractivity contribution in [1.29, 1.82) is 0 Å². The van der Waals surface area contributed by atoms with Crippen LogP contribution >= 0.6 is 0 Å². The van der Waals surface area contributed by atoms with Crippen molar-refractivity contribution in [3.8, 4) is 23.1 Å². The Morgan fingerprint density at radius 3 is 2.92 bits per heavy atom. The minimum Gasteiger partial charge on any atom is -0.376 e. The zero-order valence-electron chi connectivity index (χ0n) is 14.3. The van der Waals surface area contributed by atoms with Crippen molar-refractivity contribution in [2.75, 3.05) is 6.61 Å². The van der Waals surface area contributed by atoms with Crippen molar-refractivity contribution in [1.82, 2.24) is 9.55 Å². The Bertz CT molecular complexity index is 771. The van der Waals surface area contributed by atoms with Crippen LogP contribution in [0.2, 0.25) is 0 Å². The van der Waals surface area contributed by atoms with Crippen LogP contribution in [0.15, 0.2) is 30.7 Å². The molecule has 1 atom stereocenters. The highest BCUT2D eigenvalue weighted by Gasteiger charge is 2.18. The van der Waals surface area contributed by atoms with E-state index in [1.165, 1.54) is 36.8 Å². The summed E-state index contributed by atoms with van der Waals surface area (Å²) in [6.45, 7) is 3.94. The quantitative estimate of drug-likeness (QED) is 0.793. The van der Waals surface area contributed by atoms with Gasteiger partial charge in [0.15, 0.2) is 0 Å². The zero-order valence-corrected chi connectivity index (χ0v) is 14.3. The number of rotatable bonds is 3. The first-order chi connectivity index (χ1) is 11.8. The first kappa shape index (κ1) is 15.5. The van der Waals surface area contributed by atoms with Crippen molar-refractivity contribution in [3.05, 3.63) is 41.9 Å². The van der Waals surface area contributed by atoms with Gasteiger partial charge in [0, 0.05) is 36.4 Å². The number of hydrogen-bond acceptors (Lipinski definition) is 2. The molecule has 0 spiro atoms. The molecule has 0 N–H and O–H groups in total. The molecule has 3 heteroatoms. The molecule has 0 bridgehead atoms. The van der Waals surface area contributed by atoms with E-state index in [-0.39, 0.29) is 0 Å². The number of aryl methyl sites for hydroxylation is 1. The van der Waals surface area contributed by atoms with Crippen molar-refractivity contribution >= 4 is 0 Å². The van der Waals surface area contributed by atoms with Crippen LogP contribution in [0.1, 0.15) is 43.2 Å². The van der Waals surface area contributed by atoms with Gasteiger partial charge in [0.25, 0.3) is 0 Å². The Labute approximate surface area is 144 Å². The molecule has 1 aliphatic heterocycles. The number of benzene rings is 1. The molecule has 1 saturated carbocycles. The van der Waals surface area contributed by atoms with Crippen LogP contribution in [-0.2, 0) is 11.3 Å². The number of hydrogen-bond donors (Lipinski definition) is 0. The average molecular weight is 320 g/mol. The topological polar surface area (TPSA) is 27.1 Å². The fourth-order valence-corrected chi connectivity index (χ4v) is 3.23. The first-order valence-electron chi connectivity index (χ1n) is 9.04. The summed E-state index contributed by atoms with van der Waals surface area (Å²) in [5, 5.41) is 0. The summed E-state index contributed by atoms with van der Waals surface area (Å²) in [5.41, 5.74) is 4.57. The molecule has 2 fully saturated rings. The first-order valence-corrected chi connectivity index (χ1v) is 9.04. The van der Waals surface area contributed by atoms with Crippen LogP contribution in [0.25, 0.3) is 11.3 Å². The average Bonchev–Trinajstić information content (AvgIpc) is 3.32. The van der Waals surface area contributed by atoms with Gasteiger partial charge in [0.2, 0.25) is 0 Å². The Hall–Kier alpha value is -2.05. The third kappa shape index (κ3) is 3.71. The summed E-state index contributed by atoms with van der Waals surface area (Å²) in [6, 6.07) is 6.44. The fraction of sp³-hybridized carbons (Fsp3) is 0.476. The number of nitrogens with zero attached hydrogens (tertiary/aromatic N) is 2. The Morgan fingerprint density at radius 1 is 1.25 bits per heavy atom. The molecule has 124 valence electrons. The molecule has 0 radical (unpaired) electrons. The van der Waals surface area contributed by atoms with Crippen LogP contribution in [0.3, 0.4) is 0 Å². The third-order valence-corrected chi connectivity index (χ3v) is 4.82. The predicted octanol–water partition coefficient (Wildman–Crippen LogP) is 4.19. The van der Waals surface area contributed by atoms with Crippen LogP contribution in [0.4, 0.5) is 0 Å². The fourth-order valence-electron chi connectivity index (χ4n) is 3.23. The molecule has 3 nitrogen and oxygen atoms in total. The molecule has 4 rings (SSSR count). The molecule has 2 aliphatic rings. The van der Waals surface area contributed by atoms with Gasteiger partial charge in [0.1, 0.15) is 0 Å². The second-order valence-electron chi connectivity index (χ2n) is 7.02. The Kier molecular flexibility index (Phi) is 4.40. The van der Waals surface area contributed by atoms with E-state index in [2.05, 4.69) is 52.7 Å². The summed E-state index contributed by atoms with van der Waals surface area (Å²) < 4.78 is 7.98. The Balaban J connectivity index is 1.48.